The molecule has 1 amide bonds. The van der Waals surface area contributed by atoms with Crippen LogP contribution in [0.15, 0.2) is 0 Å². The molecule has 1 saturated heterocycles. The Morgan fingerprint density at radius 1 is 1.31 bits per heavy atom. The third-order valence-corrected chi connectivity index (χ3v) is 4.55. The van der Waals surface area contributed by atoms with Crippen molar-refractivity contribution in [2.75, 3.05) is 19.8 Å². The van der Waals surface area contributed by atoms with Crippen molar-refractivity contribution in [3.8, 4) is 0 Å². The molecule has 0 bridgehead atoms. The summed E-state index contributed by atoms with van der Waals surface area (Å²) in [5, 5.41) is 3.12. The molecule has 3 nitrogen and oxygen atoms in total. The van der Waals surface area contributed by atoms with E-state index in [1.54, 1.807) is 0 Å². The second kappa shape index (κ2) is 3.73. The molecule has 16 heavy (non-hydrogen) atoms. The van der Waals surface area contributed by atoms with Crippen molar-refractivity contribution in [1.82, 2.24) is 5.32 Å². The minimum Gasteiger partial charge on any atom is -0.380 e. The van der Waals surface area contributed by atoms with E-state index in [0.29, 0.717) is 11.8 Å². The van der Waals surface area contributed by atoms with Crippen LogP contribution in [0.2, 0.25) is 0 Å². The summed E-state index contributed by atoms with van der Waals surface area (Å²) < 4.78 is 5.19. The van der Waals surface area contributed by atoms with E-state index >= 15 is 0 Å². The van der Waals surface area contributed by atoms with Crippen molar-refractivity contribution >= 4 is 5.91 Å². The Hall–Kier alpha value is -0.570. The number of amides is 1. The summed E-state index contributed by atoms with van der Waals surface area (Å²) in [6.07, 6.45) is 5.22. The number of carbonyl (C=O) groups excluding carboxylic acids is 1. The standard InChI is InChI=1S/C13H21NO2/c1-13(7-16-8-13)6-14-12(15)11-9-4-2-3-5-10(9)11/h9-11H,2-8H2,1H3,(H,14,15). The monoisotopic (exact) mass is 223 g/mol. The Kier molecular flexibility index (Phi) is 2.46. The van der Waals surface area contributed by atoms with Crippen molar-refractivity contribution in [3.05, 3.63) is 0 Å². The van der Waals surface area contributed by atoms with Crippen LogP contribution in [0.5, 0.6) is 0 Å². The van der Waals surface area contributed by atoms with Crippen LogP contribution in [0.3, 0.4) is 0 Å². The first-order valence-electron chi connectivity index (χ1n) is 6.55. The normalized spacial score (nSPS) is 39.4. The molecule has 90 valence electrons. The second-order valence-electron chi connectivity index (χ2n) is 6.16. The summed E-state index contributed by atoms with van der Waals surface area (Å²) in [6.45, 7) is 4.56. The average Bonchev–Trinajstić information content (AvgIpc) is 2.97. The van der Waals surface area contributed by atoms with Gasteiger partial charge in [0.25, 0.3) is 0 Å². The molecule has 2 atom stereocenters. The van der Waals surface area contributed by atoms with Gasteiger partial charge in [0.2, 0.25) is 5.91 Å². The lowest BCUT2D eigenvalue weighted by Gasteiger charge is -2.38. The zero-order valence-electron chi connectivity index (χ0n) is 10.00. The van der Waals surface area contributed by atoms with E-state index < -0.39 is 0 Å². The largest absolute Gasteiger partial charge is 0.380 e. The van der Waals surface area contributed by atoms with E-state index in [1.807, 2.05) is 0 Å². The summed E-state index contributed by atoms with van der Waals surface area (Å²) in [7, 11) is 0. The molecule has 0 aromatic carbocycles. The van der Waals surface area contributed by atoms with Gasteiger partial charge in [0, 0.05) is 17.9 Å². The minimum atomic E-state index is 0.204. The molecule has 2 unspecified atom stereocenters. The number of nitrogens with one attached hydrogen (secondary N) is 1. The molecule has 0 radical (unpaired) electrons. The van der Waals surface area contributed by atoms with Crippen LogP contribution in [0, 0.1) is 23.2 Å². The van der Waals surface area contributed by atoms with Gasteiger partial charge in [-0.25, -0.2) is 0 Å². The van der Waals surface area contributed by atoms with Gasteiger partial charge in [0.05, 0.1) is 13.2 Å². The summed E-state index contributed by atoms with van der Waals surface area (Å²) in [4.78, 5) is 12.0. The molecule has 0 spiro atoms. The van der Waals surface area contributed by atoms with E-state index in [4.69, 9.17) is 4.74 Å². The zero-order chi connectivity index (χ0) is 11.2. The molecule has 2 aliphatic carbocycles. The highest BCUT2D eigenvalue weighted by Crippen LogP contribution is 2.55. The number of hydrogen-bond donors (Lipinski definition) is 1. The lowest BCUT2D eigenvalue weighted by Crippen LogP contribution is -2.49. The Balaban J connectivity index is 1.47. The maximum Gasteiger partial charge on any atom is 0.223 e. The molecular weight excluding hydrogens is 202 g/mol. The highest BCUT2D eigenvalue weighted by atomic mass is 16.5. The van der Waals surface area contributed by atoms with Crippen LogP contribution in [0.4, 0.5) is 0 Å². The highest BCUT2D eigenvalue weighted by Gasteiger charge is 2.54. The fraction of sp³-hybridized carbons (Fsp3) is 0.923. The Bertz CT molecular complexity index is 286. The predicted molar refractivity (Wildman–Crippen MR) is 60.9 cm³/mol. The minimum absolute atomic E-state index is 0.204. The van der Waals surface area contributed by atoms with Crippen LogP contribution in [-0.4, -0.2) is 25.7 Å². The molecule has 3 aliphatic rings. The van der Waals surface area contributed by atoms with Crippen molar-refractivity contribution < 1.29 is 9.53 Å². The Morgan fingerprint density at radius 2 is 1.94 bits per heavy atom. The van der Waals surface area contributed by atoms with E-state index in [-0.39, 0.29) is 5.41 Å². The van der Waals surface area contributed by atoms with Crippen LogP contribution in [0.25, 0.3) is 0 Å². The maximum absolute atomic E-state index is 12.0. The Morgan fingerprint density at radius 3 is 2.44 bits per heavy atom. The maximum atomic E-state index is 12.0. The number of carbonyl (C=O) groups is 1. The fourth-order valence-electron chi connectivity index (χ4n) is 3.35. The van der Waals surface area contributed by atoms with Crippen LogP contribution >= 0.6 is 0 Å². The fourth-order valence-corrected chi connectivity index (χ4v) is 3.35. The van der Waals surface area contributed by atoms with Crippen molar-refractivity contribution in [1.29, 1.82) is 0 Å². The summed E-state index contributed by atoms with van der Waals surface area (Å²) in [5.74, 6) is 2.11. The molecule has 3 fully saturated rings. The molecule has 3 rings (SSSR count). The van der Waals surface area contributed by atoms with Gasteiger partial charge in [-0.2, -0.15) is 0 Å². The van der Waals surface area contributed by atoms with Crippen LogP contribution in [0.1, 0.15) is 32.6 Å². The SMILES string of the molecule is CC1(CNC(=O)C2C3CCCCC32)COC1. The van der Waals surface area contributed by atoms with Gasteiger partial charge in [-0.3, -0.25) is 4.79 Å². The van der Waals surface area contributed by atoms with E-state index in [0.717, 1.165) is 31.6 Å². The van der Waals surface area contributed by atoms with Gasteiger partial charge in [0.1, 0.15) is 0 Å². The Labute approximate surface area is 96.9 Å². The van der Waals surface area contributed by atoms with Gasteiger partial charge in [-0.15, -0.1) is 0 Å². The van der Waals surface area contributed by atoms with Gasteiger partial charge < -0.3 is 10.1 Å². The summed E-state index contributed by atoms with van der Waals surface area (Å²) in [6, 6.07) is 0. The highest BCUT2D eigenvalue weighted by molar-refractivity contribution is 5.82. The quantitative estimate of drug-likeness (QED) is 0.789. The van der Waals surface area contributed by atoms with Gasteiger partial charge >= 0.3 is 0 Å². The molecule has 1 N–H and O–H groups in total. The lowest BCUT2D eigenvalue weighted by molar-refractivity contribution is -0.128. The van der Waals surface area contributed by atoms with Crippen LogP contribution < -0.4 is 5.32 Å². The van der Waals surface area contributed by atoms with Gasteiger partial charge in [-0.05, 0) is 24.7 Å². The molecule has 3 heteroatoms. The van der Waals surface area contributed by atoms with Crippen molar-refractivity contribution in [2.45, 2.75) is 32.6 Å². The molecule has 2 saturated carbocycles. The van der Waals surface area contributed by atoms with Crippen molar-refractivity contribution in [3.63, 3.8) is 0 Å². The molecule has 0 aromatic heterocycles. The summed E-state index contributed by atoms with van der Waals surface area (Å²) >= 11 is 0. The van der Waals surface area contributed by atoms with Gasteiger partial charge in [0.15, 0.2) is 0 Å². The molecule has 1 heterocycles. The molecule has 0 aromatic rings. The molecular formula is C13H21NO2. The number of rotatable bonds is 3. The first-order valence-corrected chi connectivity index (χ1v) is 6.55. The van der Waals surface area contributed by atoms with E-state index in [1.165, 1.54) is 25.7 Å². The third kappa shape index (κ3) is 1.75. The smallest absolute Gasteiger partial charge is 0.223 e. The van der Waals surface area contributed by atoms with E-state index in [2.05, 4.69) is 12.2 Å². The predicted octanol–water partition coefficient (Wildman–Crippen LogP) is 1.58. The number of fused-ring (bicyclic) bond motifs is 1. The first-order chi connectivity index (χ1) is 7.70. The van der Waals surface area contributed by atoms with Crippen molar-refractivity contribution in [2.24, 2.45) is 23.2 Å². The number of ether oxygens (including phenoxy) is 1. The van der Waals surface area contributed by atoms with Gasteiger partial charge in [-0.1, -0.05) is 19.8 Å². The van der Waals surface area contributed by atoms with E-state index in [9.17, 15) is 4.79 Å². The molecule has 1 aliphatic heterocycles. The third-order valence-electron chi connectivity index (χ3n) is 4.55. The second-order valence-corrected chi connectivity index (χ2v) is 6.16. The number of hydrogen-bond acceptors (Lipinski definition) is 2. The topological polar surface area (TPSA) is 38.3 Å². The summed E-state index contributed by atoms with van der Waals surface area (Å²) in [5.41, 5.74) is 0.204. The first kappa shape index (κ1) is 10.6. The zero-order valence-corrected chi connectivity index (χ0v) is 10.00. The average molecular weight is 223 g/mol. The lowest BCUT2D eigenvalue weighted by atomic mass is 9.89. The van der Waals surface area contributed by atoms with Crippen LogP contribution in [-0.2, 0) is 9.53 Å².